The molecule has 1 aromatic carbocycles. The molecule has 1 N–H and O–H groups in total. The van der Waals surface area contributed by atoms with Gasteiger partial charge in [0.1, 0.15) is 0 Å². The zero-order chi connectivity index (χ0) is 12.7. The van der Waals surface area contributed by atoms with Gasteiger partial charge in [-0.15, -0.1) is 0 Å². The minimum Gasteiger partial charge on any atom is -0.466 e. The average Bonchev–Trinajstić information content (AvgIpc) is 2.38. The molecule has 1 unspecified atom stereocenters. The Kier molecular flexibility index (Phi) is 5.17. The predicted octanol–water partition coefficient (Wildman–Crippen LogP) is 2.40. The minimum atomic E-state index is -0.665. The Morgan fingerprint density at radius 3 is 2.71 bits per heavy atom. The average molecular weight is 232 g/mol. The van der Waals surface area contributed by atoms with Crippen molar-refractivity contribution in [3.63, 3.8) is 0 Å². The maximum Gasteiger partial charge on any atom is 0.333 e. The third kappa shape index (κ3) is 4.25. The van der Waals surface area contributed by atoms with Gasteiger partial charge in [-0.2, -0.15) is 0 Å². The zero-order valence-corrected chi connectivity index (χ0v) is 9.80. The van der Waals surface area contributed by atoms with E-state index < -0.39 is 12.1 Å². The van der Waals surface area contributed by atoms with Crippen LogP contribution in [-0.2, 0) is 9.53 Å². The van der Waals surface area contributed by atoms with Crippen molar-refractivity contribution in [3.8, 4) is 0 Å². The molecular weight excluding hydrogens is 216 g/mol. The lowest BCUT2D eigenvalue weighted by Crippen LogP contribution is -2.02. The van der Waals surface area contributed by atoms with Crippen LogP contribution in [-0.4, -0.2) is 18.2 Å². The van der Waals surface area contributed by atoms with Gasteiger partial charge in [-0.05, 0) is 12.0 Å². The van der Waals surface area contributed by atoms with Crippen LogP contribution in [0.3, 0.4) is 0 Å². The first-order valence-corrected chi connectivity index (χ1v) is 5.31. The van der Waals surface area contributed by atoms with E-state index >= 15 is 0 Å². The van der Waals surface area contributed by atoms with E-state index in [9.17, 15) is 9.90 Å². The van der Waals surface area contributed by atoms with Crippen LogP contribution in [0.15, 0.2) is 54.6 Å². The number of methoxy groups -OCH3 is 1. The lowest BCUT2D eigenvalue weighted by molar-refractivity contribution is -0.136. The summed E-state index contributed by atoms with van der Waals surface area (Å²) >= 11 is 0. The van der Waals surface area contributed by atoms with Gasteiger partial charge < -0.3 is 9.84 Å². The first kappa shape index (κ1) is 13.2. The number of carbonyl (C=O) groups is 1. The fourth-order valence-corrected chi connectivity index (χ4v) is 1.33. The summed E-state index contributed by atoms with van der Waals surface area (Å²) in [5.74, 6) is -0.427. The highest BCUT2D eigenvalue weighted by molar-refractivity contribution is 5.87. The van der Waals surface area contributed by atoms with Gasteiger partial charge in [-0.25, -0.2) is 4.79 Å². The second-order valence-electron chi connectivity index (χ2n) is 3.58. The largest absolute Gasteiger partial charge is 0.466 e. The highest BCUT2D eigenvalue weighted by Crippen LogP contribution is 2.14. The fraction of sp³-hybridized carbons (Fsp3) is 0.214. The molecule has 0 saturated carbocycles. The van der Waals surface area contributed by atoms with Crippen molar-refractivity contribution in [2.24, 2.45) is 0 Å². The van der Waals surface area contributed by atoms with Crippen LogP contribution < -0.4 is 0 Å². The van der Waals surface area contributed by atoms with Gasteiger partial charge in [-0.1, -0.05) is 49.1 Å². The molecule has 3 heteroatoms. The highest BCUT2D eigenvalue weighted by Gasteiger charge is 2.05. The summed E-state index contributed by atoms with van der Waals surface area (Å²) in [6.45, 7) is 3.59. The third-order valence-electron chi connectivity index (χ3n) is 2.30. The van der Waals surface area contributed by atoms with E-state index in [4.69, 9.17) is 0 Å². The smallest absolute Gasteiger partial charge is 0.333 e. The summed E-state index contributed by atoms with van der Waals surface area (Å²) in [4.78, 5) is 11.0. The summed E-state index contributed by atoms with van der Waals surface area (Å²) < 4.78 is 4.52. The fourth-order valence-electron chi connectivity index (χ4n) is 1.33. The van der Waals surface area contributed by atoms with Crippen molar-refractivity contribution in [3.05, 3.63) is 60.2 Å². The molecule has 1 rings (SSSR count). The number of benzene rings is 1. The lowest BCUT2D eigenvalue weighted by atomic mass is 10.1. The number of aliphatic hydroxyl groups excluding tert-OH is 1. The molecule has 1 atom stereocenters. The van der Waals surface area contributed by atoms with Gasteiger partial charge >= 0.3 is 5.97 Å². The number of rotatable bonds is 5. The van der Waals surface area contributed by atoms with Crippen LogP contribution in [0.1, 0.15) is 18.1 Å². The van der Waals surface area contributed by atoms with Crippen molar-refractivity contribution in [2.75, 3.05) is 7.11 Å². The number of ether oxygens (including phenoxy) is 1. The zero-order valence-electron chi connectivity index (χ0n) is 9.80. The summed E-state index contributed by atoms with van der Waals surface area (Å²) in [6, 6.07) is 9.28. The molecule has 0 aliphatic rings. The number of hydrogen-bond acceptors (Lipinski definition) is 3. The molecular formula is C14H16O3. The Bertz CT molecular complexity index is 407. The normalized spacial score (nSPS) is 12.4. The first-order valence-electron chi connectivity index (χ1n) is 5.31. The van der Waals surface area contributed by atoms with E-state index in [0.29, 0.717) is 12.0 Å². The third-order valence-corrected chi connectivity index (χ3v) is 2.30. The van der Waals surface area contributed by atoms with Crippen LogP contribution in [0.4, 0.5) is 0 Å². The predicted molar refractivity (Wildman–Crippen MR) is 66.3 cm³/mol. The molecule has 17 heavy (non-hydrogen) atoms. The van der Waals surface area contributed by atoms with E-state index in [1.165, 1.54) is 7.11 Å². The molecule has 0 saturated heterocycles. The second kappa shape index (κ2) is 6.66. The van der Waals surface area contributed by atoms with Crippen molar-refractivity contribution in [1.29, 1.82) is 0 Å². The van der Waals surface area contributed by atoms with Crippen LogP contribution in [0, 0.1) is 0 Å². The van der Waals surface area contributed by atoms with E-state index in [1.54, 1.807) is 12.2 Å². The molecule has 0 aliphatic carbocycles. The van der Waals surface area contributed by atoms with Crippen LogP contribution in [0.5, 0.6) is 0 Å². The monoisotopic (exact) mass is 232 g/mol. The molecule has 0 spiro atoms. The lowest BCUT2D eigenvalue weighted by Gasteiger charge is -2.05. The maximum absolute atomic E-state index is 11.0. The molecule has 0 heterocycles. The van der Waals surface area contributed by atoms with Crippen LogP contribution in [0.25, 0.3) is 0 Å². The number of allylic oxidation sites excluding steroid dienone is 1. The molecule has 0 aliphatic heterocycles. The molecule has 1 aromatic rings. The molecule has 90 valence electrons. The summed E-state index contributed by atoms with van der Waals surface area (Å²) in [5.41, 5.74) is 1.18. The number of esters is 1. The minimum absolute atomic E-state index is 0.365. The molecule has 0 fully saturated rings. The van der Waals surface area contributed by atoms with Gasteiger partial charge in [0.25, 0.3) is 0 Å². The Hall–Kier alpha value is -1.87. The Labute approximate surface area is 101 Å². The molecule has 3 nitrogen and oxygen atoms in total. The molecule has 0 aromatic heterocycles. The standard InChI is InChI=1S/C14H16O3/c1-11(14(16)17-2)7-6-10-13(15)12-8-4-3-5-9-12/h3-6,8-10,13,15H,1,7H2,2H3/b10-6+. The van der Waals surface area contributed by atoms with Crippen LogP contribution >= 0.6 is 0 Å². The van der Waals surface area contributed by atoms with Crippen LogP contribution in [0.2, 0.25) is 0 Å². The first-order chi connectivity index (χ1) is 8.15. The quantitative estimate of drug-likeness (QED) is 0.481. The molecule has 0 bridgehead atoms. The summed E-state index contributed by atoms with van der Waals surface area (Å²) in [5, 5.41) is 9.80. The Morgan fingerprint density at radius 2 is 2.12 bits per heavy atom. The summed E-state index contributed by atoms with van der Waals surface area (Å²) in [6.07, 6.45) is 3.04. The molecule has 0 radical (unpaired) electrons. The highest BCUT2D eigenvalue weighted by atomic mass is 16.5. The van der Waals surface area contributed by atoms with Gasteiger partial charge in [0.15, 0.2) is 0 Å². The van der Waals surface area contributed by atoms with Gasteiger partial charge in [0.2, 0.25) is 0 Å². The van der Waals surface area contributed by atoms with Gasteiger partial charge in [-0.3, -0.25) is 0 Å². The Morgan fingerprint density at radius 1 is 1.47 bits per heavy atom. The topological polar surface area (TPSA) is 46.5 Å². The molecule has 0 amide bonds. The Balaban J connectivity index is 2.50. The summed E-state index contributed by atoms with van der Waals surface area (Å²) in [7, 11) is 1.32. The number of carbonyl (C=O) groups excluding carboxylic acids is 1. The number of hydrogen-bond donors (Lipinski definition) is 1. The van der Waals surface area contributed by atoms with Gasteiger partial charge in [0.05, 0.1) is 13.2 Å². The van der Waals surface area contributed by atoms with Crippen molar-refractivity contribution in [2.45, 2.75) is 12.5 Å². The van der Waals surface area contributed by atoms with Gasteiger partial charge in [0, 0.05) is 5.57 Å². The van der Waals surface area contributed by atoms with Crippen molar-refractivity contribution < 1.29 is 14.6 Å². The van der Waals surface area contributed by atoms with E-state index in [-0.39, 0.29) is 0 Å². The van der Waals surface area contributed by atoms with E-state index in [1.807, 2.05) is 30.3 Å². The maximum atomic E-state index is 11.0. The SMILES string of the molecule is C=C(C/C=C/C(O)c1ccccc1)C(=O)OC. The second-order valence-corrected chi connectivity index (χ2v) is 3.58. The number of aliphatic hydroxyl groups is 1. The van der Waals surface area contributed by atoms with E-state index in [2.05, 4.69) is 11.3 Å². The van der Waals surface area contributed by atoms with E-state index in [0.717, 1.165) is 5.56 Å². The van der Waals surface area contributed by atoms with Crippen molar-refractivity contribution >= 4 is 5.97 Å². The van der Waals surface area contributed by atoms with Crippen molar-refractivity contribution in [1.82, 2.24) is 0 Å².